The van der Waals surface area contributed by atoms with Crippen LogP contribution in [-0.2, 0) is 0 Å². The molecule has 0 aliphatic heterocycles. The van der Waals surface area contributed by atoms with Crippen LogP contribution in [0.2, 0.25) is 5.15 Å². The molecule has 100 valence electrons. The highest BCUT2D eigenvalue weighted by Gasteiger charge is 2.26. The molecule has 3 nitrogen and oxygen atoms in total. The van der Waals surface area contributed by atoms with Gasteiger partial charge in [0.2, 0.25) is 5.88 Å². The standard InChI is InChI=1S/C13H19ClN2OS/c1-8-4-5-10(6-9(8)2)17-12-7-11(14)15-13(16-12)18-3/h7-10H,4-6H2,1-3H3. The summed E-state index contributed by atoms with van der Waals surface area (Å²) in [4.78, 5) is 8.45. The average molecular weight is 287 g/mol. The van der Waals surface area contributed by atoms with Crippen LogP contribution < -0.4 is 4.74 Å². The Morgan fingerprint density at radius 2 is 2.06 bits per heavy atom. The van der Waals surface area contributed by atoms with Gasteiger partial charge >= 0.3 is 0 Å². The Labute approximate surface area is 118 Å². The van der Waals surface area contributed by atoms with Crippen molar-refractivity contribution in [2.75, 3.05) is 6.26 Å². The Balaban J connectivity index is 2.03. The number of halogens is 1. The minimum Gasteiger partial charge on any atom is -0.474 e. The number of ether oxygens (including phenoxy) is 1. The van der Waals surface area contributed by atoms with E-state index in [-0.39, 0.29) is 6.10 Å². The quantitative estimate of drug-likeness (QED) is 0.477. The van der Waals surface area contributed by atoms with Gasteiger partial charge in [0.25, 0.3) is 0 Å². The second kappa shape index (κ2) is 6.11. The third-order valence-corrected chi connectivity index (χ3v) is 4.41. The van der Waals surface area contributed by atoms with E-state index in [1.165, 1.54) is 18.2 Å². The normalized spacial score (nSPS) is 28.1. The van der Waals surface area contributed by atoms with Gasteiger partial charge in [-0.2, -0.15) is 4.98 Å². The van der Waals surface area contributed by atoms with Gasteiger partial charge in [-0.3, -0.25) is 0 Å². The summed E-state index contributed by atoms with van der Waals surface area (Å²) < 4.78 is 5.95. The maximum absolute atomic E-state index is 5.95. The molecule has 5 heteroatoms. The van der Waals surface area contributed by atoms with Gasteiger partial charge in [0.1, 0.15) is 11.3 Å². The van der Waals surface area contributed by atoms with Gasteiger partial charge in [0.05, 0.1) is 0 Å². The summed E-state index contributed by atoms with van der Waals surface area (Å²) in [6.07, 6.45) is 5.61. The van der Waals surface area contributed by atoms with Crippen molar-refractivity contribution in [3.63, 3.8) is 0 Å². The van der Waals surface area contributed by atoms with Crippen molar-refractivity contribution in [3.05, 3.63) is 11.2 Å². The molecule has 0 aromatic carbocycles. The summed E-state index contributed by atoms with van der Waals surface area (Å²) in [7, 11) is 0. The van der Waals surface area contributed by atoms with E-state index in [4.69, 9.17) is 16.3 Å². The Morgan fingerprint density at radius 3 is 2.72 bits per heavy atom. The summed E-state index contributed by atoms with van der Waals surface area (Å²) >= 11 is 7.43. The van der Waals surface area contributed by atoms with Crippen LogP contribution in [0.5, 0.6) is 5.88 Å². The van der Waals surface area contributed by atoms with E-state index >= 15 is 0 Å². The zero-order valence-electron chi connectivity index (χ0n) is 11.0. The van der Waals surface area contributed by atoms with Crippen LogP contribution in [0, 0.1) is 11.8 Å². The first-order valence-corrected chi connectivity index (χ1v) is 7.94. The summed E-state index contributed by atoms with van der Waals surface area (Å²) in [6, 6.07) is 1.70. The molecule has 1 aliphatic rings. The first-order chi connectivity index (χ1) is 8.58. The SMILES string of the molecule is CSc1nc(Cl)cc(OC2CCC(C)C(C)C2)n1. The average Bonchev–Trinajstić information content (AvgIpc) is 2.33. The second-order valence-corrected chi connectivity index (χ2v) is 6.18. The smallest absolute Gasteiger partial charge is 0.219 e. The predicted molar refractivity (Wildman–Crippen MR) is 75.4 cm³/mol. The van der Waals surface area contributed by atoms with E-state index in [1.807, 2.05) is 6.26 Å². The van der Waals surface area contributed by atoms with Gasteiger partial charge in [-0.15, -0.1) is 0 Å². The van der Waals surface area contributed by atoms with Crippen LogP contribution >= 0.6 is 23.4 Å². The maximum atomic E-state index is 5.95. The van der Waals surface area contributed by atoms with Gasteiger partial charge in [0, 0.05) is 6.07 Å². The first kappa shape index (κ1) is 13.9. The fraction of sp³-hybridized carbons (Fsp3) is 0.692. The Kier molecular flexibility index (Phi) is 4.73. The van der Waals surface area contributed by atoms with E-state index in [0.29, 0.717) is 22.1 Å². The number of hydrogen-bond donors (Lipinski definition) is 0. The molecule has 1 heterocycles. The molecule has 1 fully saturated rings. The van der Waals surface area contributed by atoms with Gasteiger partial charge in [0.15, 0.2) is 5.16 Å². The fourth-order valence-corrected chi connectivity index (χ4v) is 2.90. The van der Waals surface area contributed by atoms with Crippen molar-refractivity contribution < 1.29 is 4.74 Å². The molecule has 3 unspecified atom stereocenters. The maximum Gasteiger partial charge on any atom is 0.219 e. The van der Waals surface area contributed by atoms with Crippen molar-refractivity contribution >= 4 is 23.4 Å². The molecular weight excluding hydrogens is 268 g/mol. The highest BCUT2D eigenvalue weighted by molar-refractivity contribution is 7.98. The van der Waals surface area contributed by atoms with Gasteiger partial charge in [-0.1, -0.05) is 37.2 Å². The Hall–Kier alpha value is -0.480. The van der Waals surface area contributed by atoms with Crippen molar-refractivity contribution in [2.45, 2.75) is 44.4 Å². The lowest BCUT2D eigenvalue weighted by Gasteiger charge is -2.31. The van der Waals surface area contributed by atoms with Crippen LogP contribution in [-0.4, -0.2) is 22.3 Å². The number of rotatable bonds is 3. The predicted octanol–water partition coefficient (Wildman–Crippen LogP) is 4.06. The number of hydrogen-bond acceptors (Lipinski definition) is 4. The van der Waals surface area contributed by atoms with E-state index in [1.54, 1.807) is 6.07 Å². The summed E-state index contributed by atoms with van der Waals surface area (Å²) in [5, 5.41) is 1.11. The summed E-state index contributed by atoms with van der Waals surface area (Å²) in [6.45, 7) is 4.61. The van der Waals surface area contributed by atoms with Gasteiger partial charge in [-0.05, 0) is 37.4 Å². The van der Waals surface area contributed by atoms with E-state index in [0.717, 1.165) is 18.8 Å². The molecule has 18 heavy (non-hydrogen) atoms. The number of aromatic nitrogens is 2. The molecule has 1 aliphatic carbocycles. The molecule has 1 saturated carbocycles. The first-order valence-electron chi connectivity index (χ1n) is 6.33. The van der Waals surface area contributed by atoms with Crippen LogP contribution in [0.25, 0.3) is 0 Å². The molecule has 0 N–H and O–H groups in total. The largest absolute Gasteiger partial charge is 0.474 e. The molecule has 1 aromatic heterocycles. The number of thioether (sulfide) groups is 1. The van der Waals surface area contributed by atoms with Crippen molar-refractivity contribution in [1.29, 1.82) is 0 Å². The Bertz CT molecular complexity index is 416. The Morgan fingerprint density at radius 1 is 1.28 bits per heavy atom. The van der Waals surface area contributed by atoms with Crippen LogP contribution in [0.4, 0.5) is 0 Å². The van der Waals surface area contributed by atoms with Crippen LogP contribution in [0.1, 0.15) is 33.1 Å². The van der Waals surface area contributed by atoms with Crippen LogP contribution in [0.3, 0.4) is 0 Å². The molecule has 3 atom stereocenters. The highest BCUT2D eigenvalue weighted by atomic mass is 35.5. The molecule has 0 amide bonds. The third kappa shape index (κ3) is 3.51. The molecule has 0 radical (unpaired) electrons. The number of nitrogens with zero attached hydrogens (tertiary/aromatic N) is 2. The molecule has 2 rings (SSSR count). The topological polar surface area (TPSA) is 35.0 Å². The van der Waals surface area contributed by atoms with E-state index in [9.17, 15) is 0 Å². The van der Waals surface area contributed by atoms with E-state index in [2.05, 4.69) is 23.8 Å². The molecule has 0 bridgehead atoms. The zero-order chi connectivity index (χ0) is 13.1. The summed E-state index contributed by atoms with van der Waals surface area (Å²) in [5.41, 5.74) is 0. The lowest BCUT2D eigenvalue weighted by Crippen LogP contribution is -2.29. The third-order valence-electron chi connectivity index (χ3n) is 3.67. The molecular formula is C13H19ClN2OS. The lowest BCUT2D eigenvalue weighted by molar-refractivity contribution is 0.0956. The fourth-order valence-electron chi connectivity index (χ4n) is 2.30. The van der Waals surface area contributed by atoms with Crippen molar-refractivity contribution in [1.82, 2.24) is 9.97 Å². The molecule has 0 saturated heterocycles. The highest BCUT2D eigenvalue weighted by Crippen LogP contribution is 2.32. The van der Waals surface area contributed by atoms with E-state index < -0.39 is 0 Å². The van der Waals surface area contributed by atoms with Gasteiger partial charge in [-0.25, -0.2) is 4.98 Å². The monoisotopic (exact) mass is 286 g/mol. The van der Waals surface area contributed by atoms with Crippen molar-refractivity contribution in [3.8, 4) is 5.88 Å². The zero-order valence-corrected chi connectivity index (χ0v) is 12.6. The summed E-state index contributed by atoms with van der Waals surface area (Å²) in [5.74, 6) is 2.10. The molecule has 0 spiro atoms. The van der Waals surface area contributed by atoms with Gasteiger partial charge < -0.3 is 4.74 Å². The van der Waals surface area contributed by atoms with Crippen molar-refractivity contribution in [2.24, 2.45) is 11.8 Å². The minimum absolute atomic E-state index is 0.261. The molecule has 1 aromatic rings. The lowest BCUT2D eigenvalue weighted by atomic mass is 9.80. The van der Waals surface area contributed by atoms with Crippen LogP contribution in [0.15, 0.2) is 11.2 Å². The second-order valence-electron chi connectivity index (χ2n) is 5.02. The minimum atomic E-state index is 0.261.